The number of hydrogen-bond acceptors (Lipinski definition) is 3. The highest BCUT2D eigenvalue weighted by Gasteiger charge is 2.26. The van der Waals surface area contributed by atoms with Crippen LogP contribution in [0.3, 0.4) is 0 Å². The van der Waals surface area contributed by atoms with Gasteiger partial charge in [0, 0.05) is 25.7 Å². The Labute approximate surface area is 102 Å². The molecule has 98 valence electrons. The summed E-state index contributed by atoms with van der Waals surface area (Å²) in [4.78, 5) is 13.0. The predicted molar refractivity (Wildman–Crippen MR) is 64.2 cm³/mol. The van der Waals surface area contributed by atoms with E-state index in [-0.39, 0.29) is 0 Å². The quantitative estimate of drug-likeness (QED) is 0.779. The number of carbonyl (C=O) groups is 1. The number of hydrogen-bond donors (Lipinski definition) is 2. The Kier molecular flexibility index (Phi) is 4.62. The second-order valence-corrected chi connectivity index (χ2v) is 5.01. The van der Waals surface area contributed by atoms with Crippen LogP contribution in [0.25, 0.3) is 0 Å². The van der Waals surface area contributed by atoms with Crippen molar-refractivity contribution < 1.29 is 14.6 Å². The van der Waals surface area contributed by atoms with Gasteiger partial charge in [-0.25, -0.2) is 4.79 Å². The first-order chi connectivity index (χ1) is 8.25. The molecule has 2 aliphatic rings. The molecule has 0 aromatic carbocycles. The molecule has 0 atom stereocenters. The van der Waals surface area contributed by atoms with E-state index >= 15 is 0 Å². The van der Waals surface area contributed by atoms with Gasteiger partial charge in [0.1, 0.15) is 0 Å². The maximum absolute atomic E-state index is 10.4. The van der Waals surface area contributed by atoms with Crippen molar-refractivity contribution in [2.75, 3.05) is 32.8 Å². The third-order valence-electron chi connectivity index (χ3n) is 3.92. The number of carboxylic acid groups (broad SMARTS) is 1. The van der Waals surface area contributed by atoms with Crippen LogP contribution in [-0.4, -0.2) is 55.0 Å². The molecule has 5 heteroatoms. The van der Waals surface area contributed by atoms with Crippen LogP contribution in [0.5, 0.6) is 0 Å². The average Bonchev–Trinajstić information content (AvgIpc) is 2.38. The maximum Gasteiger partial charge on any atom is 0.404 e. The van der Waals surface area contributed by atoms with Crippen molar-refractivity contribution in [3.05, 3.63) is 0 Å². The number of amides is 1. The lowest BCUT2D eigenvalue weighted by molar-refractivity contribution is 0.00500. The first-order valence-corrected chi connectivity index (χ1v) is 6.54. The molecule has 1 aliphatic carbocycles. The Hall–Kier alpha value is -0.810. The van der Waals surface area contributed by atoms with Gasteiger partial charge in [-0.05, 0) is 31.6 Å². The van der Waals surface area contributed by atoms with E-state index < -0.39 is 6.09 Å². The molecule has 0 aromatic heterocycles. The highest BCUT2D eigenvalue weighted by molar-refractivity contribution is 5.64. The maximum atomic E-state index is 10.4. The zero-order chi connectivity index (χ0) is 12.1. The van der Waals surface area contributed by atoms with Crippen LogP contribution in [0, 0.1) is 5.92 Å². The molecule has 17 heavy (non-hydrogen) atoms. The molecular weight excluding hydrogens is 220 g/mol. The van der Waals surface area contributed by atoms with Gasteiger partial charge in [0.05, 0.1) is 13.2 Å². The molecule has 1 saturated heterocycles. The largest absolute Gasteiger partial charge is 0.465 e. The second kappa shape index (κ2) is 6.21. The number of ether oxygens (including phenoxy) is 1. The summed E-state index contributed by atoms with van der Waals surface area (Å²) in [5.41, 5.74) is 0. The second-order valence-electron chi connectivity index (χ2n) is 5.01. The lowest BCUT2D eigenvalue weighted by Gasteiger charge is -2.38. The first kappa shape index (κ1) is 12.6. The average molecular weight is 242 g/mol. The van der Waals surface area contributed by atoms with Gasteiger partial charge in [0.25, 0.3) is 0 Å². The fraction of sp³-hybridized carbons (Fsp3) is 0.917. The fourth-order valence-corrected chi connectivity index (χ4v) is 2.89. The molecule has 2 rings (SSSR count). The number of nitrogens with zero attached hydrogens (tertiary/aromatic N) is 1. The van der Waals surface area contributed by atoms with E-state index in [0.717, 1.165) is 39.1 Å². The Morgan fingerprint density at radius 3 is 2.47 bits per heavy atom. The third-order valence-corrected chi connectivity index (χ3v) is 3.92. The minimum Gasteiger partial charge on any atom is -0.465 e. The van der Waals surface area contributed by atoms with Crippen molar-refractivity contribution in [3.63, 3.8) is 0 Å². The summed E-state index contributed by atoms with van der Waals surface area (Å²) in [7, 11) is 0. The minimum absolute atomic E-state index is 0.531. The number of morpholine rings is 1. The van der Waals surface area contributed by atoms with E-state index in [1.165, 1.54) is 12.8 Å². The van der Waals surface area contributed by atoms with E-state index in [1.54, 1.807) is 0 Å². The van der Waals surface area contributed by atoms with Crippen LogP contribution in [-0.2, 0) is 4.74 Å². The summed E-state index contributed by atoms with van der Waals surface area (Å²) >= 11 is 0. The summed E-state index contributed by atoms with van der Waals surface area (Å²) in [6, 6.07) is 0.694. The lowest BCUT2D eigenvalue weighted by atomic mass is 9.85. The highest BCUT2D eigenvalue weighted by atomic mass is 16.5. The molecule has 1 heterocycles. The summed E-state index contributed by atoms with van der Waals surface area (Å²) in [6.45, 7) is 4.46. The van der Waals surface area contributed by atoms with Crippen LogP contribution in [0.4, 0.5) is 4.79 Å². The summed E-state index contributed by atoms with van der Waals surface area (Å²) < 4.78 is 5.36. The van der Waals surface area contributed by atoms with Crippen molar-refractivity contribution in [3.8, 4) is 0 Å². The highest BCUT2D eigenvalue weighted by Crippen LogP contribution is 2.27. The SMILES string of the molecule is O=C(O)NCC1CCC(N2CCOCC2)CC1. The molecule has 2 N–H and O–H groups in total. The van der Waals surface area contributed by atoms with Crippen molar-refractivity contribution in [1.82, 2.24) is 10.2 Å². The van der Waals surface area contributed by atoms with E-state index in [2.05, 4.69) is 10.2 Å². The summed E-state index contributed by atoms with van der Waals surface area (Å²) in [5, 5.41) is 11.1. The van der Waals surface area contributed by atoms with Gasteiger partial charge < -0.3 is 15.2 Å². The van der Waals surface area contributed by atoms with Crippen LogP contribution < -0.4 is 5.32 Å². The Morgan fingerprint density at radius 2 is 1.88 bits per heavy atom. The monoisotopic (exact) mass is 242 g/mol. The summed E-state index contributed by atoms with van der Waals surface area (Å²) in [5.74, 6) is 0.531. The number of rotatable bonds is 3. The van der Waals surface area contributed by atoms with Gasteiger partial charge in [0.2, 0.25) is 0 Å². The van der Waals surface area contributed by atoms with Crippen LogP contribution in [0.1, 0.15) is 25.7 Å². The predicted octanol–water partition coefficient (Wildman–Crippen LogP) is 1.14. The van der Waals surface area contributed by atoms with Gasteiger partial charge in [-0.2, -0.15) is 0 Å². The van der Waals surface area contributed by atoms with Gasteiger partial charge >= 0.3 is 6.09 Å². The zero-order valence-electron chi connectivity index (χ0n) is 10.2. The molecule has 1 amide bonds. The van der Waals surface area contributed by atoms with E-state index in [4.69, 9.17) is 9.84 Å². The lowest BCUT2D eigenvalue weighted by Crippen LogP contribution is -2.45. The standard InChI is InChI=1S/C12H22N2O3/c15-12(16)13-9-10-1-3-11(4-2-10)14-5-7-17-8-6-14/h10-11,13H,1-9H2,(H,15,16). The Morgan fingerprint density at radius 1 is 1.24 bits per heavy atom. The first-order valence-electron chi connectivity index (χ1n) is 6.54. The molecule has 0 radical (unpaired) electrons. The van der Waals surface area contributed by atoms with Crippen molar-refractivity contribution >= 4 is 6.09 Å². The van der Waals surface area contributed by atoms with Gasteiger partial charge in [-0.1, -0.05) is 0 Å². The molecular formula is C12H22N2O3. The van der Waals surface area contributed by atoms with Crippen molar-refractivity contribution in [2.45, 2.75) is 31.7 Å². The third kappa shape index (κ3) is 3.85. The van der Waals surface area contributed by atoms with E-state index in [9.17, 15) is 4.79 Å². The van der Waals surface area contributed by atoms with Crippen molar-refractivity contribution in [1.29, 1.82) is 0 Å². The number of nitrogens with one attached hydrogen (secondary N) is 1. The van der Waals surface area contributed by atoms with Crippen LogP contribution >= 0.6 is 0 Å². The van der Waals surface area contributed by atoms with Crippen molar-refractivity contribution in [2.24, 2.45) is 5.92 Å². The van der Waals surface area contributed by atoms with Gasteiger partial charge in [-0.3, -0.25) is 4.90 Å². The zero-order valence-corrected chi connectivity index (χ0v) is 10.2. The van der Waals surface area contributed by atoms with Gasteiger partial charge in [0.15, 0.2) is 0 Å². The molecule has 0 spiro atoms. The molecule has 1 saturated carbocycles. The van der Waals surface area contributed by atoms with Gasteiger partial charge in [-0.15, -0.1) is 0 Å². The Bertz CT molecular complexity index is 246. The van der Waals surface area contributed by atoms with Crippen LogP contribution in [0.2, 0.25) is 0 Å². The Balaban J connectivity index is 1.68. The van der Waals surface area contributed by atoms with E-state index in [0.29, 0.717) is 18.5 Å². The van der Waals surface area contributed by atoms with E-state index in [1.807, 2.05) is 0 Å². The topological polar surface area (TPSA) is 61.8 Å². The molecule has 5 nitrogen and oxygen atoms in total. The van der Waals surface area contributed by atoms with Crippen LogP contribution in [0.15, 0.2) is 0 Å². The smallest absolute Gasteiger partial charge is 0.404 e. The fourth-order valence-electron chi connectivity index (χ4n) is 2.89. The molecule has 0 unspecified atom stereocenters. The molecule has 2 fully saturated rings. The minimum atomic E-state index is -0.902. The molecule has 0 bridgehead atoms. The summed E-state index contributed by atoms with van der Waals surface area (Å²) in [6.07, 6.45) is 3.78. The molecule has 0 aromatic rings. The molecule has 1 aliphatic heterocycles. The normalized spacial score (nSPS) is 31.1.